The van der Waals surface area contributed by atoms with E-state index in [0.717, 1.165) is 6.07 Å². The van der Waals surface area contributed by atoms with Gasteiger partial charge in [-0.2, -0.15) is 0 Å². The summed E-state index contributed by atoms with van der Waals surface area (Å²) in [6, 6.07) is 3.60. The molecule has 0 aliphatic carbocycles. The summed E-state index contributed by atoms with van der Waals surface area (Å²) in [7, 11) is 1.35. The average molecular weight is 322 g/mol. The number of carbonyl (C=O) groups excluding carboxylic acids is 2. The number of ether oxygens (including phenoxy) is 2. The van der Waals surface area contributed by atoms with Gasteiger partial charge in [0.05, 0.1) is 22.8 Å². The van der Waals surface area contributed by atoms with E-state index in [1.54, 1.807) is 6.92 Å². The molecule has 1 rings (SSSR count). The maximum Gasteiger partial charge on any atom is 0.340 e. The number of methoxy groups -OCH3 is 1. The Morgan fingerprint density at radius 2 is 2.13 bits per heavy atom. The van der Waals surface area contributed by atoms with Crippen molar-refractivity contribution < 1.29 is 24.0 Å². The van der Waals surface area contributed by atoms with Gasteiger partial charge in [-0.25, -0.2) is 4.79 Å². The summed E-state index contributed by atoms with van der Waals surface area (Å²) >= 11 is 0. The van der Waals surface area contributed by atoms with Crippen molar-refractivity contribution in [3.63, 3.8) is 0 Å². The van der Waals surface area contributed by atoms with Gasteiger partial charge in [0.25, 0.3) is 11.6 Å². The number of anilines is 1. The number of hydrogen-bond acceptors (Lipinski definition) is 6. The Kier molecular flexibility index (Phi) is 6.88. The topological polar surface area (TPSA) is 99.0 Å². The number of rotatable bonds is 8. The number of nitro groups is 1. The Balaban J connectivity index is 3.42. The van der Waals surface area contributed by atoms with Crippen molar-refractivity contribution in [2.24, 2.45) is 0 Å². The molecular formula is C15H18N2O6. The standard InChI is InChI=1S/C15H18N2O6/c1-4-8-16(14(18)10-22-3)13-9-11(17(20)21)6-7-12(13)15(19)23-5-2/h4,6-7,9H,1,5,8,10H2,2-3H3. The van der Waals surface area contributed by atoms with Crippen LogP contribution in [-0.2, 0) is 14.3 Å². The molecule has 0 radical (unpaired) electrons. The predicted molar refractivity (Wildman–Crippen MR) is 83.5 cm³/mol. The van der Waals surface area contributed by atoms with Crippen LogP contribution in [0.5, 0.6) is 0 Å². The van der Waals surface area contributed by atoms with Crippen LogP contribution in [0.1, 0.15) is 17.3 Å². The SMILES string of the molecule is C=CCN(C(=O)COC)c1cc([N+](=O)[O-])ccc1C(=O)OCC. The van der Waals surface area contributed by atoms with Crippen molar-refractivity contribution in [1.82, 2.24) is 0 Å². The number of non-ortho nitro benzene ring substituents is 1. The molecule has 0 spiro atoms. The lowest BCUT2D eigenvalue weighted by Gasteiger charge is -2.23. The van der Waals surface area contributed by atoms with Crippen LogP contribution in [0, 0.1) is 10.1 Å². The van der Waals surface area contributed by atoms with Gasteiger partial charge in [0.2, 0.25) is 0 Å². The minimum absolute atomic E-state index is 0.0590. The highest BCUT2D eigenvalue weighted by atomic mass is 16.6. The van der Waals surface area contributed by atoms with Crippen LogP contribution in [0.4, 0.5) is 11.4 Å². The van der Waals surface area contributed by atoms with E-state index in [-0.39, 0.29) is 36.7 Å². The molecule has 0 N–H and O–H groups in total. The highest BCUT2D eigenvalue weighted by molar-refractivity contribution is 6.03. The smallest absolute Gasteiger partial charge is 0.340 e. The van der Waals surface area contributed by atoms with Gasteiger partial charge in [0, 0.05) is 25.8 Å². The van der Waals surface area contributed by atoms with Gasteiger partial charge in [-0.3, -0.25) is 14.9 Å². The Bertz CT molecular complexity index is 614. The molecule has 0 saturated heterocycles. The van der Waals surface area contributed by atoms with E-state index >= 15 is 0 Å². The maximum absolute atomic E-state index is 12.2. The summed E-state index contributed by atoms with van der Waals surface area (Å²) in [5.41, 5.74) is -0.101. The first-order valence-electron chi connectivity index (χ1n) is 6.82. The molecule has 0 unspecified atom stereocenters. The fourth-order valence-corrected chi connectivity index (χ4v) is 1.90. The largest absolute Gasteiger partial charge is 0.462 e. The summed E-state index contributed by atoms with van der Waals surface area (Å²) in [5, 5.41) is 11.0. The fraction of sp³-hybridized carbons (Fsp3) is 0.333. The zero-order valence-electron chi connectivity index (χ0n) is 13.0. The first-order valence-corrected chi connectivity index (χ1v) is 6.82. The van der Waals surface area contributed by atoms with Crippen molar-refractivity contribution >= 4 is 23.3 Å². The first-order chi connectivity index (χ1) is 11.0. The zero-order valence-corrected chi connectivity index (χ0v) is 13.0. The lowest BCUT2D eigenvalue weighted by molar-refractivity contribution is -0.384. The average Bonchev–Trinajstić information content (AvgIpc) is 2.52. The third-order valence-electron chi connectivity index (χ3n) is 2.86. The van der Waals surface area contributed by atoms with Gasteiger partial charge in [0.1, 0.15) is 6.61 Å². The highest BCUT2D eigenvalue weighted by Crippen LogP contribution is 2.27. The van der Waals surface area contributed by atoms with Crippen molar-refractivity contribution in [3.05, 3.63) is 46.5 Å². The Labute approximate surface area is 133 Å². The van der Waals surface area contributed by atoms with E-state index in [0.29, 0.717) is 0 Å². The third-order valence-corrected chi connectivity index (χ3v) is 2.86. The fourth-order valence-electron chi connectivity index (χ4n) is 1.90. The predicted octanol–water partition coefficient (Wildman–Crippen LogP) is 1.94. The molecule has 0 fully saturated rings. The van der Waals surface area contributed by atoms with Crippen LogP contribution >= 0.6 is 0 Å². The first kappa shape index (κ1) is 18.3. The van der Waals surface area contributed by atoms with E-state index in [1.165, 1.54) is 30.2 Å². The molecule has 8 nitrogen and oxygen atoms in total. The molecule has 0 saturated carbocycles. The second-order valence-corrected chi connectivity index (χ2v) is 4.41. The number of esters is 1. The molecule has 0 aromatic heterocycles. The molecule has 0 aliphatic heterocycles. The van der Waals surface area contributed by atoms with Gasteiger partial charge in [-0.15, -0.1) is 6.58 Å². The molecule has 0 bridgehead atoms. The van der Waals surface area contributed by atoms with Gasteiger partial charge in [-0.05, 0) is 13.0 Å². The normalized spacial score (nSPS) is 10.0. The van der Waals surface area contributed by atoms with Crippen molar-refractivity contribution in [2.75, 3.05) is 31.8 Å². The van der Waals surface area contributed by atoms with Crippen LogP contribution in [0.15, 0.2) is 30.9 Å². The molecule has 0 aliphatic rings. The molecule has 1 aromatic carbocycles. The number of amides is 1. The molecule has 1 amide bonds. The molecular weight excluding hydrogens is 304 g/mol. The Morgan fingerprint density at radius 1 is 1.43 bits per heavy atom. The number of carbonyl (C=O) groups is 2. The molecule has 1 aromatic rings. The Morgan fingerprint density at radius 3 is 2.65 bits per heavy atom. The van der Waals surface area contributed by atoms with Crippen molar-refractivity contribution in [2.45, 2.75) is 6.92 Å². The van der Waals surface area contributed by atoms with Crippen molar-refractivity contribution in [3.8, 4) is 0 Å². The lowest BCUT2D eigenvalue weighted by atomic mass is 10.1. The summed E-state index contributed by atoms with van der Waals surface area (Å²) in [6.07, 6.45) is 1.45. The van der Waals surface area contributed by atoms with E-state index in [1.807, 2.05) is 0 Å². The third kappa shape index (κ3) is 4.62. The summed E-state index contributed by atoms with van der Waals surface area (Å²) in [5.74, 6) is -1.13. The second kappa shape index (κ2) is 8.64. The summed E-state index contributed by atoms with van der Waals surface area (Å²) in [4.78, 5) is 35.8. The second-order valence-electron chi connectivity index (χ2n) is 4.41. The lowest BCUT2D eigenvalue weighted by Crippen LogP contribution is -2.35. The monoisotopic (exact) mass is 322 g/mol. The van der Waals surface area contributed by atoms with Crippen LogP contribution in [0.3, 0.4) is 0 Å². The Hall–Kier alpha value is -2.74. The van der Waals surface area contributed by atoms with Gasteiger partial charge in [0.15, 0.2) is 0 Å². The van der Waals surface area contributed by atoms with Gasteiger partial charge < -0.3 is 14.4 Å². The molecule has 0 atom stereocenters. The number of nitrogens with zero attached hydrogens (tertiary/aromatic N) is 2. The van der Waals surface area contributed by atoms with E-state index in [9.17, 15) is 19.7 Å². The number of nitro benzene ring substituents is 1. The molecule has 23 heavy (non-hydrogen) atoms. The minimum atomic E-state index is -0.670. The van der Waals surface area contributed by atoms with Crippen LogP contribution in [0.2, 0.25) is 0 Å². The summed E-state index contributed by atoms with van der Waals surface area (Å²) in [6.45, 7) is 5.16. The molecule has 0 heterocycles. The number of benzene rings is 1. The number of hydrogen-bond donors (Lipinski definition) is 0. The molecule has 124 valence electrons. The van der Waals surface area contributed by atoms with Crippen LogP contribution < -0.4 is 4.90 Å². The highest BCUT2D eigenvalue weighted by Gasteiger charge is 2.24. The zero-order chi connectivity index (χ0) is 17.4. The van der Waals surface area contributed by atoms with E-state index in [2.05, 4.69) is 6.58 Å². The van der Waals surface area contributed by atoms with Crippen molar-refractivity contribution in [1.29, 1.82) is 0 Å². The summed E-state index contributed by atoms with van der Waals surface area (Å²) < 4.78 is 9.74. The maximum atomic E-state index is 12.2. The molecule has 8 heteroatoms. The van der Waals surface area contributed by atoms with Crippen LogP contribution in [0.25, 0.3) is 0 Å². The quantitative estimate of drug-likeness (QED) is 0.314. The van der Waals surface area contributed by atoms with E-state index < -0.39 is 16.8 Å². The van der Waals surface area contributed by atoms with Gasteiger partial charge in [-0.1, -0.05) is 6.08 Å². The minimum Gasteiger partial charge on any atom is -0.462 e. The van der Waals surface area contributed by atoms with E-state index in [4.69, 9.17) is 9.47 Å². The van der Waals surface area contributed by atoms with Crippen LogP contribution in [-0.4, -0.2) is 43.7 Å². The van der Waals surface area contributed by atoms with Gasteiger partial charge >= 0.3 is 5.97 Å².